The molecule has 6 nitrogen and oxygen atoms in total. The third-order valence-electron chi connectivity index (χ3n) is 4.88. The first-order chi connectivity index (χ1) is 12.5. The Morgan fingerprint density at radius 2 is 1.92 bits per heavy atom. The summed E-state index contributed by atoms with van der Waals surface area (Å²) in [5.41, 5.74) is 6.61. The lowest BCUT2D eigenvalue weighted by molar-refractivity contribution is -0.124. The molecule has 0 saturated carbocycles. The number of carbonyl (C=O) groups excluding carboxylic acids is 2. The highest BCUT2D eigenvalue weighted by atomic mass is 16.5. The highest BCUT2D eigenvalue weighted by Crippen LogP contribution is 2.32. The number of ether oxygens (including phenoxy) is 1. The van der Waals surface area contributed by atoms with Gasteiger partial charge in [0.05, 0.1) is 12.8 Å². The molecule has 0 spiro atoms. The summed E-state index contributed by atoms with van der Waals surface area (Å²) in [6.45, 7) is 2.37. The van der Waals surface area contributed by atoms with Crippen LogP contribution >= 0.6 is 0 Å². The van der Waals surface area contributed by atoms with Crippen LogP contribution < -0.4 is 15.8 Å². The van der Waals surface area contributed by atoms with Gasteiger partial charge in [0.1, 0.15) is 11.3 Å². The summed E-state index contributed by atoms with van der Waals surface area (Å²) in [6, 6.07) is 14.1. The monoisotopic (exact) mass is 353 g/mol. The number of nitrogens with two attached hydrogens (primary N) is 1. The number of hydrogen-bond donors (Lipinski definition) is 2. The standard InChI is InChI=1S/C20H23N3O3/c1-20(19(25)22-15-9-10-17(26-2)16(21)13-15)11-6-12-23(20)18(24)14-7-4-3-5-8-14/h3-5,7-10,13H,6,11-12,21H2,1-2H3,(H,22,25). The van der Waals surface area contributed by atoms with Crippen molar-refractivity contribution in [1.82, 2.24) is 4.90 Å². The summed E-state index contributed by atoms with van der Waals surface area (Å²) in [4.78, 5) is 27.5. The summed E-state index contributed by atoms with van der Waals surface area (Å²) >= 11 is 0. The quantitative estimate of drug-likeness (QED) is 0.828. The summed E-state index contributed by atoms with van der Waals surface area (Å²) in [5, 5.41) is 2.88. The normalized spacial score (nSPS) is 19.2. The number of nitrogens with one attached hydrogen (secondary N) is 1. The van der Waals surface area contributed by atoms with Crippen LogP contribution in [0, 0.1) is 0 Å². The topological polar surface area (TPSA) is 84.7 Å². The smallest absolute Gasteiger partial charge is 0.254 e. The number of hydrogen-bond acceptors (Lipinski definition) is 4. The van der Waals surface area contributed by atoms with E-state index in [4.69, 9.17) is 10.5 Å². The highest BCUT2D eigenvalue weighted by molar-refractivity contribution is 6.04. The maximum atomic E-state index is 13.0. The van der Waals surface area contributed by atoms with E-state index in [0.717, 1.165) is 6.42 Å². The van der Waals surface area contributed by atoms with Crippen LogP contribution in [-0.2, 0) is 4.79 Å². The van der Waals surface area contributed by atoms with Crippen molar-refractivity contribution in [3.05, 3.63) is 54.1 Å². The number of nitrogen functional groups attached to an aromatic ring is 1. The van der Waals surface area contributed by atoms with Gasteiger partial charge in [-0.25, -0.2) is 0 Å². The molecule has 2 aromatic carbocycles. The van der Waals surface area contributed by atoms with E-state index in [2.05, 4.69) is 5.32 Å². The molecule has 6 heteroatoms. The van der Waals surface area contributed by atoms with Crippen LogP contribution in [-0.4, -0.2) is 35.9 Å². The van der Waals surface area contributed by atoms with Gasteiger partial charge in [-0.05, 0) is 50.1 Å². The van der Waals surface area contributed by atoms with Gasteiger partial charge in [0.15, 0.2) is 0 Å². The molecule has 1 heterocycles. The molecule has 2 aromatic rings. The number of likely N-dealkylation sites (tertiary alicyclic amines) is 1. The molecule has 0 radical (unpaired) electrons. The van der Waals surface area contributed by atoms with Crippen molar-refractivity contribution in [2.24, 2.45) is 0 Å². The fourth-order valence-corrected chi connectivity index (χ4v) is 3.34. The van der Waals surface area contributed by atoms with Gasteiger partial charge in [0, 0.05) is 17.8 Å². The molecule has 26 heavy (non-hydrogen) atoms. The molecule has 2 amide bonds. The molecule has 0 aliphatic carbocycles. The van der Waals surface area contributed by atoms with Crippen molar-refractivity contribution in [3.63, 3.8) is 0 Å². The minimum atomic E-state index is -0.901. The van der Waals surface area contributed by atoms with Crippen LogP contribution in [0.3, 0.4) is 0 Å². The molecule has 136 valence electrons. The average molecular weight is 353 g/mol. The SMILES string of the molecule is COc1ccc(NC(=O)C2(C)CCCN2C(=O)c2ccccc2)cc1N. The molecule has 1 aliphatic rings. The molecular formula is C20H23N3O3. The van der Waals surface area contributed by atoms with Crippen molar-refractivity contribution in [2.45, 2.75) is 25.3 Å². The van der Waals surface area contributed by atoms with Crippen LogP contribution in [0.25, 0.3) is 0 Å². The van der Waals surface area contributed by atoms with E-state index >= 15 is 0 Å². The lowest BCUT2D eigenvalue weighted by Gasteiger charge is -2.34. The zero-order valence-corrected chi connectivity index (χ0v) is 15.0. The molecule has 3 rings (SSSR count). The molecule has 1 fully saturated rings. The zero-order valence-electron chi connectivity index (χ0n) is 15.0. The van der Waals surface area contributed by atoms with Crippen LogP contribution in [0.4, 0.5) is 11.4 Å². The van der Waals surface area contributed by atoms with E-state index in [0.29, 0.717) is 35.7 Å². The number of carbonyl (C=O) groups is 2. The highest BCUT2D eigenvalue weighted by Gasteiger charge is 2.45. The van der Waals surface area contributed by atoms with Crippen molar-refractivity contribution in [1.29, 1.82) is 0 Å². The fraction of sp³-hybridized carbons (Fsp3) is 0.300. The zero-order chi connectivity index (χ0) is 18.7. The predicted octanol–water partition coefficient (Wildman–Crippen LogP) is 2.91. The summed E-state index contributed by atoms with van der Waals surface area (Å²) in [6.07, 6.45) is 1.40. The first-order valence-electron chi connectivity index (χ1n) is 8.58. The van der Waals surface area contributed by atoms with Crippen molar-refractivity contribution >= 4 is 23.2 Å². The molecule has 3 N–H and O–H groups in total. The van der Waals surface area contributed by atoms with E-state index in [1.54, 1.807) is 35.2 Å². The van der Waals surface area contributed by atoms with Crippen LogP contribution in [0.1, 0.15) is 30.1 Å². The lowest BCUT2D eigenvalue weighted by atomic mass is 9.96. The van der Waals surface area contributed by atoms with Gasteiger partial charge >= 0.3 is 0 Å². The van der Waals surface area contributed by atoms with E-state index < -0.39 is 5.54 Å². The van der Waals surface area contributed by atoms with Crippen LogP contribution in [0.5, 0.6) is 5.75 Å². The number of amides is 2. The molecule has 1 aliphatic heterocycles. The van der Waals surface area contributed by atoms with E-state index in [1.165, 1.54) is 7.11 Å². The molecule has 0 aromatic heterocycles. The van der Waals surface area contributed by atoms with Gasteiger partial charge in [0.2, 0.25) is 5.91 Å². The van der Waals surface area contributed by atoms with Gasteiger partial charge in [-0.15, -0.1) is 0 Å². The van der Waals surface area contributed by atoms with Crippen LogP contribution in [0.2, 0.25) is 0 Å². The fourth-order valence-electron chi connectivity index (χ4n) is 3.34. The maximum absolute atomic E-state index is 13.0. The van der Waals surface area contributed by atoms with E-state index in [-0.39, 0.29) is 11.8 Å². The van der Waals surface area contributed by atoms with Gasteiger partial charge < -0.3 is 20.7 Å². The van der Waals surface area contributed by atoms with Crippen molar-refractivity contribution < 1.29 is 14.3 Å². The second-order valence-electron chi connectivity index (χ2n) is 6.61. The number of rotatable bonds is 4. The molecule has 0 bridgehead atoms. The second-order valence-corrected chi connectivity index (χ2v) is 6.61. The predicted molar refractivity (Wildman–Crippen MR) is 101 cm³/mol. The third kappa shape index (κ3) is 3.22. The Balaban J connectivity index is 1.80. The van der Waals surface area contributed by atoms with Crippen molar-refractivity contribution in [2.75, 3.05) is 24.7 Å². The van der Waals surface area contributed by atoms with Gasteiger partial charge in [-0.1, -0.05) is 18.2 Å². The molecule has 1 unspecified atom stereocenters. The summed E-state index contributed by atoms with van der Waals surface area (Å²) in [7, 11) is 1.54. The number of nitrogens with zero attached hydrogens (tertiary/aromatic N) is 1. The molecular weight excluding hydrogens is 330 g/mol. The van der Waals surface area contributed by atoms with E-state index in [9.17, 15) is 9.59 Å². The van der Waals surface area contributed by atoms with Gasteiger partial charge in [0.25, 0.3) is 5.91 Å². The maximum Gasteiger partial charge on any atom is 0.254 e. The number of benzene rings is 2. The first-order valence-corrected chi connectivity index (χ1v) is 8.58. The minimum Gasteiger partial charge on any atom is -0.495 e. The summed E-state index contributed by atoms with van der Waals surface area (Å²) < 4.78 is 5.13. The number of anilines is 2. The van der Waals surface area contributed by atoms with Crippen LogP contribution in [0.15, 0.2) is 48.5 Å². The third-order valence-corrected chi connectivity index (χ3v) is 4.88. The van der Waals surface area contributed by atoms with E-state index in [1.807, 2.05) is 25.1 Å². The molecule has 1 atom stereocenters. The largest absolute Gasteiger partial charge is 0.495 e. The van der Waals surface area contributed by atoms with Gasteiger partial charge in [-0.3, -0.25) is 9.59 Å². The Bertz CT molecular complexity index is 822. The second kappa shape index (κ2) is 7.07. The Hall–Kier alpha value is -3.02. The Labute approximate surface area is 152 Å². The summed E-state index contributed by atoms with van der Waals surface area (Å²) in [5.74, 6) is 0.204. The lowest BCUT2D eigenvalue weighted by Crippen LogP contribution is -2.53. The van der Waals surface area contributed by atoms with Gasteiger partial charge in [-0.2, -0.15) is 0 Å². The molecule has 1 saturated heterocycles. The average Bonchev–Trinajstić information content (AvgIpc) is 3.05. The minimum absolute atomic E-state index is 0.130. The Morgan fingerprint density at radius 3 is 2.58 bits per heavy atom. The first kappa shape index (κ1) is 17.8. The Morgan fingerprint density at radius 1 is 1.19 bits per heavy atom. The number of methoxy groups -OCH3 is 1. The van der Waals surface area contributed by atoms with Crippen molar-refractivity contribution in [3.8, 4) is 5.75 Å². The Kier molecular flexibility index (Phi) is 4.84.